The van der Waals surface area contributed by atoms with Crippen molar-refractivity contribution in [1.82, 2.24) is 0 Å². The smallest absolute Gasteiger partial charge is 0.176 e. The van der Waals surface area contributed by atoms with E-state index in [-0.39, 0.29) is 0 Å². The Morgan fingerprint density at radius 3 is 2.86 bits per heavy atom. The van der Waals surface area contributed by atoms with E-state index in [2.05, 4.69) is 6.07 Å². The molecule has 0 N–H and O–H groups in total. The van der Waals surface area contributed by atoms with Gasteiger partial charge in [0.2, 0.25) is 0 Å². The Morgan fingerprint density at radius 1 is 1.43 bits per heavy atom. The highest BCUT2D eigenvalue weighted by molar-refractivity contribution is 5.87. The lowest BCUT2D eigenvalue weighted by Crippen LogP contribution is -1.85. The highest BCUT2D eigenvalue weighted by atomic mass is 16.5. The highest BCUT2D eigenvalue weighted by Crippen LogP contribution is 2.30. The normalized spacial score (nSPS) is 10.1. The van der Waals surface area contributed by atoms with Crippen molar-refractivity contribution in [2.75, 3.05) is 7.11 Å². The number of furan rings is 1. The van der Waals surface area contributed by atoms with Gasteiger partial charge in [-0.25, -0.2) is 0 Å². The lowest BCUT2D eigenvalue weighted by atomic mass is 10.1. The quantitative estimate of drug-likeness (QED) is 0.689. The lowest BCUT2D eigenvalue weighted by molar-refractivity contribution is 0.410. The standard InChI is InChI=1S/C11H9NO2/c1-7-6-14-11-9(7)3-8(5-12)4-10(11)13-2/h3-4,6H,1-2H3. The highest BCUT2D eigenvalue weighted by Gasteiger charge is 2.09. The van der Waals surface area contributed by atoms with Crippen LogP contribution < -0.4 is 4.74 Å². The van der Waals surface area contributed by atoms with Crippen LogP contribution in [0.5, 0.6) is 5.75 Å². The van der Waals surface area contributed by atoms with Crippen LogP contribution in [0.3, 0.4) is 0 Å². The molecule has 0 saturated heterocycles. The first kappa shape index (κ1) is 8.64. The molecule has 14 heavy (non-hydrogen) atoms. The zero-order valence-corrected chi connectivity index (χ0v) is 8.00. The van der Waals surface area contributed by atoms with E-state index in [4.69, 9.17) is 14.4 Å². The molecular weight excluding hydrogens is 178 g/mol. The van der Waals surface area contributed by atoms with Gasteiger partial charge in [-0.05, 0) is 18.6 Å². The average molecular weight is 187 g/mol. The summed E-state index contributed by atoms with van der Waals surface area (Å²) in [6, 6.07) is 5.56. The third kappa shape index (κ3) is 1.12. The molecule has 0 aliphatic heterocycles. The van der Waals surface area contributed by atoms with Crippen molar-refractivity contribution in [1.29, 1.82) is 5.26 Å². The van der Waals surface area contributed by atoms with Crippen molar-refractivity contribution in [2.24, 2.45) is 0 Å². The molecule has 3 nitrogen and oxygen atoms in total. The van der Waals surface area contributed by atoms with E-state index in [1.54, 1.807) is 25.5 Å². The van der Waals surface area contributed by atoms with Gasteiger partial charge in [-0.3, -0.25) is 0 Å². The number of fused-ring (bicyclic) bond motifs is 1. The molecule has 2 rings (SSSR count). The fourth-order valence-corrected chi connectivity index (χ4v) is 1.44. The predicted molar refractivity (Wildman–Crippen MR) is 52.2 cm³/mol. The van der Waals surface area contributed by atoms with Crippen LogP contribution in [0, 0.1) is 18.3 Å². The Hall–Kier alpha value is -1.95. The molecule has 0 spiro atoms. The number of nitriles is 1. The zero-order chi connectivity index (χ0) is 10.1. The molecule has 0 amide bonds. The lowest BCUT2D eigenvalue weighted by Gasteiger charge is -2.00. The van der Waals surface area contributed by atoms with Gasteiger partial charge in [0.1, 0.15) is 0 Å². The topological polar surface area (TPSA) is 46.2 Å². The summed E-state index contributed by atoms with van der Waals surface area (Å²) in [5.74, 6) is 0.604. The van der Waals surface area contributed by atoms with Crippen LogP contribution >= 0.6 is 0 Å². The summed E-state index contributed by atoms with van der Waals surface area (Å²) >= 11 is 0. The Balaban J connectivity index is 2.84. The molecule has 3 heteroatoms. The molecule has 1 heterocycles. The van der Waals surface area contributed by atoms with Gasteiger partial charge in [-0.1, -0.05) is 0 Å². The van der Waals surface area contributed by atoms with Gasteiger partial charge in [0.05, 0.1) is 25.0 Å². The fourth-order valence-electron chi connectivity index (χ4n) is 1.44. The molecule has 0 atom stereocenters. The van der Waals surface area contributed by atoms with E-state index >= 15 is 0 Å². The second-order valence-corrected chi connectivity index (χ2v) is 3.09. The van der Waals surface area contributed by atoms with Crippen molar-refractivity contribution >= 4 is 11.0 Å². The molecule has 2 aromatic rings. The Labute approximate surface area is 81.5 Å². The number of methoxy groups -OCH3 is 1. The molecule has 1 aromatic carbocycles. The van der Waals surface area contributed by atoms with Crippen LogP contribution in [0.4, 0.5) is 0 Å². The van der Waals surface area contributed by atoms with E-state index < -0.39 is 0 Å². The first-order valence-electron chi connectivity index (χ1n) is 4.22. The van der Waals surface area contributed by atoms with Crippen molar-refractivity contribution in [3.8, 4) is 11.8 Å². The first-order chi connectivity index (χ1) is 6.76. The largest absolute Gasteiger partial charge is 0.493 e. The second kappa shape index (κ2) is 3.08. The number of ether oxygens (including phenoxy) is 1. The van der Waals surface area contributed by atoms with E-state index in [0.717, 1.165) is 10.9 Å². The summed E-state index contributed by atoms with van der Waals surface area (Å²) in [5.41, 5.74) is 2.29. The summed E-state index contributed by atoms with van der Waals surface area (Å²) in [7, 11) is 1.56. The SMILES string of the molecule is COc1cc(C#N)cc2c(C)coc12. The Morgan fingerprint density at radius 2 is 2.21 bits per heavy atom. The van der Waals surface area contributed by atoms with Crippen LogP contribution in [0.25, 0.3) is 11.0 Å². The molecule has 0 unspecified atom stereocenters. The summed E-state index contributed by atoms with van der Waals surface area (Å²) in [4.78, 5) is 0. The van der Waals surface area contributed by atoms with Gasteiger partial charge in [-0.2, -0.15) is 5.26 Å². The summed E-state index contributed by atoms with van der Waals surface area (Å²) in [5, 5.41) is 9.74. The summed E-state index contributed by atoms with van der Waals surface area (Å²) in [6.07, 6.45) is 1.66. The van der Waals surface area contributed by atoms with Gasteiger partial charge >= 0.3 is 0 Å². The second-order valence-electron chi connectivity index (χ2n) is 3.09. The third-order valence-corrected chi connectivity index (χ3v) is 2.18. The number of hydrogen-bond donors (Lipinski definition) is 0. The minimum absolute atomic E-state index is 0.582. The molecular formula is C11H9NO2. The molecule has 0 fully saturated rings. The maximum absolute atomic E-state index is 8.81. The maximum atomic E-state index is 8.81. The van der Waals surface area contributed by atoms with E-state index in [0.29, 0.717) is 16.9 Å². The van der Waals surface area contributed by atoms with Crippen LogP contribution in [-0.4, -0.2) is 7.11 Å². The van der Waals surface area contributed by atoms with E-state index in [1.807, 2.05) is 6.92 Å². The van der Waals surface area contributed by atoms with E-state index in [1.165, 1.54) is 0 Å². The van der Waals surface area contributed by atoms with Gasteiger partial charge < -0.3 is 9.15 Å². The van der Waals surface area contributed by atoms with Crippen molar-refractivity contribution < 1.29 is 9.15 Å². The van der Waals surface area contributed by atoms with E-state index in [9.17, 15) is 0 Å². The van der Waals surface area contributed by atoms with Crippen molar-refractivity contribution in [3.05, 3.63) is 29.5 Å². The molecule has 0 radical (unpaired) electrons. The van der Waals surface area contributed by atoms with Gasteiger partial charge in [0.15, 0.2) is 11.3 Å². The van der Waals surface area contributed by atoms with Gasteiger partial charge in [0.25, 0.3) is 0 Å². The number of benzene rings is 1. The van der Waals surface area contributed by atoms with Crippen LogP contribution in [0.15, 0.2) is 22.8 Å². The predicted octanol–water partition coefficient (Wildman–Crippen LogP) is 2.62. The molecule has 1 aromatic heterocycles. The van der Waals surface area contributed by atoms with Crippen LogP contribution in [-0.2, 0) is 0 Å². The van der Waals surface area contributed by atoms with Crippen LogP contribution in [0.2, 0.25) is 0 Å². The first-order valence-corrected chi connectivity index (χ1v) is 4.22. The maximum Gasteiger partial charge on any atom is 0.176 e. The molecule has 0 aliphatic rings. The van der Waals surface area contributed by atoms with Gasteiger partial charge in [-0.15, -0.1) is 0 Å². The number of nitrogens with zero attached hydrogens (tertiary/aromatic N) is 1. The van der Waals surface area contributed by atoms with Crippen molar-refractivity contribution in [3.63, 3.8) is 0 Å². The summed E-state index contributed by atoms with van der Waals surface area (Å²) < 4.78 is 10.5. The average Bonchev–Trinajstić information content (AvgIpc) is 2.59. The van der Waals surface area contributed by atoms with Crippen LogP contribution in [0.1, 0.15) is 11.1 Å². The fraction of sp³-hybridized carbons (Fsp3) is 0.182. The van der Waals surface area contributed by atoms with Gasteiger partial charge in [0, 0.05) is 11.5 Å². The Kier molecular flexibility index (Phi) is 1.90. The molecule has 0 bridgehead atoms. The number of aryl methyl sites for hydroxylation is 1. The molecule has 0 aliphatic carbocycles. The van der Waals surface area contributed by atoms with Crippen molar-refractivity contribution in [2.45, 2.75) is 6.92 Å². The monoisotopic (exact) mass is 187 g/mol. The minimum Gasteiger partial charge on any atom is -0.493 e. The molecule has 0 saturated carbocycles. The molecule has 70 valence electrons. The summed E-state index contributed by atoms with van der Waals surface area (Å²) in [6.45, 7) is 1.94. The third-order valence-electron chi connectivity index (χ3n) is 2.18. The minimum atomic E-state index is 0.582. The zero-order valence-electron chi connectivity index (χ0n) is 8.00. The number of hydrogen-bond acceptors (Lipinski definition) is 3. The Bertz CT molecular complexity index is 520. The number of rotatable bonds is 1.